The van der Waals surface area contributed by atoms with E-state index in [2.05, 4.69) is 10.6 Å². The summed E-state index contributed by atoms with van der Waals surface area (Å²) in [5.74, 6) is 0.514. The van der Waals surface area contributed by atoms with E-state index in [-0.39, 0.29) is 0 Å². The number of nitrogens with one attached hydrogen (secondary N) is 2. The van der Waals surface area contributed by atoms with Gasteiger partial charge in [-0.15, -0.1) is 0 Å². The van der Waals surface area contributed by atoms with Gasteiger partial charge in [0.1, 0.15) is 11.2 Å². The Hall–Kier alpha value is -2.36. The highest BCUT2D eigenvalue weighted by Crippen LogP contribution is 2.27. The number of anilines is 2. The standard InChI is InChI=1S/C15H12ClN3O2S/c1-21-14-7-2-10(16)8-13(14)19-15(20)18-11-3-5-12(6-4-11)22-9-17/h2-8H,1H3,(H2,18,19,20). The Morgan fingerprint density at radius 2 is 1.95 bits per heavy atom. The molecule has 5 nitrogen and oxygen atoms in total. The SMILES string of the molecule is COc1ccc(Cl)cc1NC(=O)Nc1ccc(SC#N)cc1. The van der Waals surface area contributed by atoms with Gasteiger partial charge in [0.05, 0.1) is 12.8 Å². The summed E-state index contributed by atoms with van der Waals surface area (Å²) in [6.07, 6.45) is 0. The van der Waals surface area contributed by atoms with Gasteiger partial charge in [-0.25, -0.2) is 4.79 Å². The Morgan fingerprint density at radius 3 is 2.59 bits per heavy atom. The lowest BCUT2D eigenvalue weighted by Gasteiger charge is -2.11. The molecule has 0 saturated heterocycles. The van der Waals surface area contributed by atoms with Crippen molar-refractivity contribution >= 4 is 40.8 Å². The van der Waals surface area contributed by atoms with E-state index in [0.29, 0.717) is 22.1 Å². The summed E-state index contributed by atoms with van der Waals surface area (Å²) < 4.78 is 5.16. The normalized spacial score (nSPS) is 9.68. The van der Waals surface area contributed by atoms with E-state index in [4.69, 9.17) is 21.6 Å². The Labute approximate surface area is 137 Å². The summed E-state index contributed by atoms with van der Waals surface area (Å²) in [4.78, 5) is 12.8. The van der Waals surface area contributed by atoms with Crippen LogP contribution in [0.5, 0.6) is 5.75 Å². The van der Waals surface area contributed by atoms with Crippen molar-refractivity contribution in [2.75, 3.05) is 17.7 Å². The third-order valence-corrected chi connectivity index (χ3v) is 3.52. The van der Waals surface area contributed by atoms with Gasteiger partial charge in [0.25, 0.3) is 0 Å². The fraction of sp³-hybridized carbons (Fsp3) is 0.0667. The van der Waals surface area contributed by atoms with Crippen LogP contribution in [0.4, 0.5) is 16.2 Å². The van der Waals surface area contributed by atoms with Gasteiger partial charge in [0.2, 0.25) is 0 Å². The summed E-state index contributed by atoms with van der Waals surface area (Å²) >= 11 is 6.97. The molecule has 0 aromatic heterocycles. The van der Waals surface area contributed by atoms with Gasteiger partial charge in [0.15, 0.2) is 0 Å². The van der Waals surface area contributed by atoms with Gasteiger partial charge >= 0.3 is 6.03 Å². The molecular weight excluding hydrogens is 322 g/mol. The third-order valence-electron chi connectivity index (χ3n) is 2.69. The molecule has 2 rings (SSSR count). The fourth-order valence-electron chi connectivity index (χ4n) is 1.72. The molecule has 0 atom stereocenters. The summed E-state index contributed by atoms with van der Waals surface area (Å²) in [7, 11) is 1.51. The van der Waals surface area contributed by atoms with Gasteiger partial charge in [-0.3, -0.25) is 0 Å². The highest BCUT2D eigenvalue weighted by molar-refractivity contribution is 8.03. The summed E-state index contributed by atoms with van der Waals surface area (Å²) in [5.41, 5.74) is 1.09. The van der Waals surface area contributed by atoms with Crippen molar-refractivity contribution in [2.24, 2.45) is 0 Å². The number of urea groups is 1. The van der Waals surface area contributed by atoms with Crippen LogP contribution in [-0.4, -0.2) is 13.1 Å². The zero-order valence-electron chi connectivity index (χ0n) is 11.6. The fourth-order valence-corrected chi connectivity index (χ4v) is 2.27. The maximum Gasteiger partial charge on any atom is 0.323 e. The number of carbonyl (C=O) groups is 1. The molecule has 0 aliphatic rings. The predicted octanol–water partition coefficient (Wildman–Crippen LogP) is 4.57. The summed E-state index contributed by atoms with van der Waals surface area (Å²) in [6.45, 7) is 0. The number of nitrogens with zero attached hydrogens (tertiary/aromatic N) is 1. The van der Waals surface area contributed by atoms with Crippen LogP contribution in [0.2, 0.25) is 5.02 Å². The molecule has 2 N–H and O–H groups in total. The molecule has 0 radical (unpaired) electrons. The molecular formula is C15H12ClN3O2S. The molecule has 0 fully saturated rings. The number of carbonyl (C=O) groups excluding carboxylic acids is 1. The second-order valence-electron chi connectivity index (χ2n) is 4.14. The van der Waals surface area contributed by atoms with E-state index >= 15 is 0 Å². The molecule has 0 heterocycles. The maximum absolute atomic E-state index is 12.0. The van der Waals surface area contributed by atoms with Crippen LogP contribution in [-0.2, 0) is 0 Å². The molecule has 112 valence electrons. The summed E-state index contributed by atoms with van der Waals surface area (Å²) in [5, 5.41) is 16.4. The lowest BCUT2D eigenvalue weighted by molar-refractivity contribution is 0.262. The molecule has 22 heavy (non-hydrogen) atoms. The average molecular weight is 334 g/mol. The van der Waals surface area contributed by atoms with Gasteiger partial charge in [-0.05, 0) is 54.2 Å². The largest absolute Gasteiger partial charge is 0.495 e. The minimum absolute atomic E-state index is 0.416. The molecule has 0 aliphatic heterocycles. The van der Waals surface area contributed by atoms with Gasteiger partial charge in [0, 0.05) is 15.6 Å². The number of methoxy groups -OCH3 is 1. The number of thiocyanates is 1. The quantitative estimate of drug-likeness (QED) is 0.635. The van der Waals surface area contributed by atoms with E-state index < -0.39 is 6.03 Å². The van der Waals surface area contributed by atoms with Crippen molar-refractivity contribution in [1.82, 2.24) is 0 Å². The number of thioether (sulfide) groups is 1. The Kier molecular flexibility index (Phi) is 5.53. The Morgan fingerprint density at radius 1 is 1.23 bits per heavy atom. The van der Waals surface area contributed by atoms with E-state index in [0.717, 1.165) is 16.7 Å². The number of halogens is 1. The highest BCUT2D eigenvalue weighted by atomic mass is 35.5. The van der Waals surface area contributed by atoms with Crippen molar-refractivity contribution in [2.45, 2.75) is 4.90 Å². The van der Waals surface area contributed by atoms with Crippen LogP contribution in [0.3, 0.4) is 0 Å². The molecule has 0 saturated carbocycles. The van der Waals surface area contributed by atoms with Crippen LogP contribution in [0.15, 0.2) is 47.4 Å². The minimum Gasteiger partial charge on any atom is -0.495 e. The van der Waals surface area contributed by atoms with E-state index in [1.807, 2.05) is 5.40 Å². The zero-order chi connectivity index (χ0) is 15.9. The number of rotatable bonds is 4. The smallest absolute Gasteiger partial charge is 0.323 e. The first kappa shape index (κ1) is 16.0. The zero-order valence-corrected chi connectivity index (χ0v) is 13.2. The van der Waals surface area contributed by atoms with Crippen LogP contribution in [0, 0.1) is 10.7 Å². The van der Waals surface area contributed by atoms with Crippen LogP contribution >= 0.6 is 23.4 Å². The van der Waals surface area contributed by atoms with Crippen molar-refractivity contribution in [3.63, 3.8) is 0 Å². The van der Waals surface area contributed by atoms with Crippen molar-refractivity contribution in [3.05, 3.63) is 47.5 Å². The van der Waals surface area contributed by atoms with Gasteiger partial charge in [-0.2, -0.15) is 5.26 Å². The molecule has 2 amide bonds. The molecule has 0 unspecified atom stereocenters. The Bertz CT molecular complexity index is 714. The maximum atomic E-state index is 12.0. The second-order valence-corrected chi connectivity index (χ2v) is 5.44. The Balaban J connectivity index is 2.04. The van der Waals surface area contributed by atoms with Gasteiger partial charge in [-0.1, -0.05) is 11.6 Å². The average Bonchev–Trinajstić information content (AvgIpc) is 2.50. The van der Waals surface area contributed by atoms with E-state index in [9.17, 15) is 4.79 Å². The number of nitriles is 1. The number of hydrogen-bond donors (Lipinski definition) is 2. The molecule has 0 spiro atoms. The second kappa shape index (κ2) is 7.59. The van der Waals surface area contributed by atoms with Crippen LogP contribution in [0.25, 0.3) is 0 Å². The number of amides is 2. The lowest BCUT2D eigenvalue weighted by Crippen LogP contribution is -2.19. The molecule has 2 aromatic rings. The monoisotopic (exact) mass is 333 g/mol. The number of hydrogen-bond acceptors (Lipinski definition) is 4. The van der Waals surface area contributed by atoms with Crippen LogP contribution < -0.4 is 15.4 Å². The first-order valence-corrected chi connectivity index (χ1v) is 7.39. The van der Waals surface area contributed by atoms with Crippen molar-refractivity contribution < 1.29 is 9.53 Å². The number of ether oxygens (including phenoxy) is 1. The van der Waals surface area contributed by atoms with Crippen LogP contribution in [0.1, 0.15) is 0 Å². The molecule has 7 heteroatoms. The van der Waals surface area contributed by atoms with E-state index in [1.165, 1.54) is 7.11 Å². The number of benzene rings is 2. The first-order valence-electron chi connectivity index (χ1n) is 6.20. The van der Waals surface area contributed by atoms with Crippen molar-refractivity contribution in [3.8, 4) is 11.2 Å². The molecule has 0 bridgehead atoms. The third kappa shape index (κ3) is 4.32. The minimum atomic E-state index is -0.416. The van der Waals surface area contributed by atoms with Gasteiger partial charge < -0.3 is 15.4 Å². The van der Waals surface area contributed by atoms with Crippen molar-refractivity contribution in [1.29, 1.82) is 5.26 Å². The molecule has 0 aliphatic carbocycles. The van der Waals surface area contributed by atoms with E-state index in [1.54, 1.807) is 42.5 Å². The predicted molar refractivity (Wildman–Crippen MR) is 88.6 cm³/mol. The molecule has 2 aromatic carbocycles. The topological polar surface area (TPSA) is 74.2 Å². The summed E-state index contributed by atoms with van der Waals surface area (Å²) in [6, 6.07) is 11.5. The highest BCUT2D eigenvalue weighted by Gasteiger charge is 2.08. The lowest BCUT2D eigenvalue weighted by atomic mass is 10.3. The first-order chi connectivity index (χ1) is 10.6.